The van der Waals surface area contributed by atoms with Crippen molar-refractivity contribution in [1.82, 2.24) is 0 Å². The van der Waals surface area contributed by atoms with Gasteiger partial charge in [-0.1, -0.05) is 6.92 Å². The molecule has 86 valence electrons. The SMILES string of the molecule is CCC(C#N)C1(O)CCCC1S(C)(=O)=O. The molecule has 0 aromatic rings. The zero-order valence-corrected chi connectivity index (χ0v) is 9.92. The molecule has 5 heteroatoms. The number of aliphatic hydroxyl groups is 1. The van der Waals surface area contributed by atoms with Gasteiger partial charge in [0.05, 0.1) is 22.8 Å². The summed E-state index contributed by atoms with van der Waals surface area (Å²) in [6.45, 7) is 1.80. The van der Waals surface area contributed by atoms with E-state index in [1.807, 2.05) is 6.07 Å². The lowest BCUT2D eigenvalue weighted by molar-refractivity contribution is 0.0110. The maximum absolute atomic E-state index is 11.5. The fourth-order valence-electron chi connectivity index (χ4n) is 2.52. The Balaban J connectivity index is 3.07. The summed E-state index contributed by atoms with van der Waals surface area (Å²) < 4.78 is 23.0. The third-order valence-electron chi connectivity index (χ3n) is 3.29. The highest BCUT2D eigenvalue weighted by atomic mass is 32.2. The fourth-order valence-corrected chi connectivity index (χ4v) is 4.14. The average molecular weight is 231 g/mol. The van der Waals surface area contributed by atoms with Crippen molar-refractivity contribution < 1.29 is 13.5 Å². The van der Waals surface area contributed by atoms with Crippen molar-refractivity contribution >= 4 is 9.84 Å². The van der Waals surface area contributed by atoms with Gasteiger partial charge in [-0.15, -0.1) is 0 Å². The first kappa shape index (κ1) is 12.5. The molecule has 15 heavy (non-hydrogen) atoms. The summed E-state index contributed by atoms with van der Waals surface area (Å²) >= 11 is 0. The third kappa shape index (κ3) is 2.16. The molecule has 1 saturated carbocycles. The van der Waals surface area contributed by atoms with E-state index in [2.05, 4.69) is 0 Å². The standard InChI is InChI=1S/C10H17NO3S/c1-3-8(7-11)10(12)6-4-5-9(10)15(2,13)14/h8-9,12H,3-6H2,1-2H3. The smallest absolute Gasteiger partial charge is 0.153 e. The van der Waals surface area contributed by atoms with Gasteiger partial charge >= 0.3 is 0 Å². The Morgan fingerprint density at radius 2 is 2.27 bits per heavy atom. The van der Waals surface area contributed by atoms with E-state index in [1.54, 1.807) is 6.92 Å². The van der Waals surface area contributed by atoms with Crippen molar-refractivity contribution in [2.75, 3.05) is 6.26 Å². The van der Waals surface area contributed by atoms with Gasteiger partial charge in [-0.3, -0.25) is 0 Å². The molecule has 0 aromatic heterocycles. The Kier molecular flexibility index (Phi) is 3.41. The molecule has 4 nitrogen and oxygen atoms in total. The first-order chi connectivity index (χ1) is 6.86. The van der Waals surface area contributed by atoms with Crippen molar-refractivity contribution in [1.29, 1.82) is 5.26 Å². The summed E-state index contributed by atoms with van der Waals surface area (Å²) in [6, 6.07) is 2.02. The summed E-state index contributed by atoms with van der Waals surface area (Å²) in [5.74, 6) is -0.584. The Bertz CT molecular complexity index is 371. The Morgan fingerprint density at radius 1 is 1.67 bits per heavy atom. The first-order valence-electron chi connectivity index (χ1n) is 5.17. The largest absolute Gasteiger partial charge is 0.387 e. The molecule has 1 rings (SSSR count). The number of hydrogen-bond donors (Lipinski definition) is 1. The van der Waals surface area contributed by atoms with Crippen LogP contribution in [0.2, 0.25) is 0 Å². The molecule has 1 aliphatic rings. The number of hydrogen-bond acceptors (Lipinski definition) is 4. The second kappa shape index (κ2) is 4.11. The lowest BCUT2D eigenvalue weighted by Gasteiger charge is -2.32. The third-order valence-corrected chi connectivity index (χ3v) is 4.96. The second-order valence-electron chi connectivity index (χ2n) is 4.29. The fraction of sp³-hybridized carbons (Fsp3) is 0.900. The van der Waals surface area contributed by atoms with Gasteiger partial charge in [-0.25, -0.2) is 8.42 Å². The Hall–Kier alpha value is -0.600. The highest BCUT2D eigenvalue weighted by Gasteiger charge is 2.51. The van der Waals surface area contributed by atoms with Crippen molar-refractivity contribution in [2.24, 2.45) is 5.92 Å². The van der Waals surface area contributed by atoms with Crippen LogP contribution in [-0.2, 0) is 9.84 Å². The van der Waals surface area contributed by atoms with Gasteiger partial charge in [0.25, 0.3) is 0 Å². The van der Waals surface area contributed by atoms with Crippen molar-refractivity contribution in [3.63, 3.8) is 0 Å². The molecule has 1 N–H and O–H groups in total. The molecule has 0 saturated heterocycles. The molecule has 0 radical (unpaired) electrons. The van der Waals surface area contributed by atoms with Crippen molar-refractivity contribution in [3.05, 3.63) is 0 Å². The molecule has 1 aliphatic carbocycles. The zero-order valence-electron chi connectivity index (χ0n) is 9.10. The van der Waals surface area contributed by atoms with Gasteiger partial charge in [-0.2, -0.15) is 5.26 Å². The van der Waals surface area contributed by atoms with Crippen molar-refractivity contribution in [3.8, 4) is 6.07 Å². The average Bonchev–Trinajstić information content (AvgIpc) is 2.49. The van der Waals surface area contributed by atoms with E-state index in [0.717, 1.165) is 6.26 Å². The molecule has 3 atom stereocenters. The molecular weight excluding hydrogens is 214 g/mol. The van der Waals surface area contributed by atoms with E-state index in [4.69, 9.17) is 5.26 Å². The van der Waals surface area contributed by atoms with Gasteiger partial charge in [0.1, 0.15) is 0 Å². The van der Waals surface area contributed by atoms with E-state index in [1.165, 1.54) is 0 Å². The number of nitrogens with zero attached hydrogens (tertiary/aromatic N) is 1. The van der Waals surface area contributed by atoms with Gasteiger partial charge in [0.2, 0.25) is 0 Å². The molecule has 0 bridgehead atoms. The summed E-state index contributed by atoms with van der Waals surface area (Å²) in [6.07, 6.45) is 3.17. The molecule has 0 aliphatic heterocycles. The van der Waals surface area contributed by atoms with Crippen LogP contribution in [0.15, 0.2) is 0 Å². The molecular formula is C10H17NO3S. The number of rotatable bonds is 3. The van der Waals surface area contributed by atoms with Gasteiger partial charge in [-0.05, 0) is 25.7 Å². The monoisotopic (exact) mass is 231 g/mol. The van der Waals surface area contributed by atoms with E-state index in [0.29, 0.717) is 25.7 Å². The van der Waals surface area contributed by atoms with E-state index in [-0.39, 0.29) is 0 Å². The maximum atomic E-state index is 11.5. The predicted octanol–water partition coefficient (Wildman–Crippen LogP) is 0.864. The number of sulfone groups is 1. The van der Waals surface area contributed by atoms with Crippen LogP contribution in [-0.4, -0.2) is 30.6 Å². The molecule has 3 unspecified atom stereocenters. The van der Waals surface area contributed by atoms with Crippen LogP contribution in [0.25, 0.3) is 0 Å². The van der Waals surface area contributed by atoms with Crippen LogP contribution >= 0.6 is 0 Å². The van der Waals surface area contributed by atoms with Crippen LogP contribution in [0.1, 0.15) is 32.6 Å². The molecule has 1 fully saturated rings. The summed E-state index contributed by atoms with van der Waals surface area (Å²) in [7, 11) is -3.28. The summed E-state index contributed by atoms with van der Waals surface area (Å²) in [4.78, 5) is 0. The zero-order chi connectivity index (χ0) is 11.7. The topological polar surface area (TPSA) is 78.2 Å². The van der Waals surface area contributed by atoms with E-state index in [9.17, 15) is 13.5 Å². The van der Waals surface area contributed by atoms with Gasteiger partial charge in [0.15, 0.2) is 9.84 Å². The minimum Gasteiger partial charge on any atom is -0.387 e. The Labute approximate surface area is 90.8 Å². The van der Waals surface area contributed by atoms with E-state index < -0.39 is 26.6 Å². The highest BCUT2D eigenvalue weighted by Crippen LogP contribution is 2.41. The minimum absolute atomic E-state index is 0.413. The first-order valence-corrected chi connectivity index (χ1v) is 7.12. The highest BCUT2D eigenvalue weighted by molar-refractivity contribution is 7.91. The van der Waals surface area contributed by atoms with Crippen LogP contribution < -0.4 is 0 Å². The van der Waals surface area contributed by atoms with Crippen LogP contribution in [0.4, 0.5) is 0 Å². The second-order valence-corrected chi connectivity index (χ2v) is 6.52. The predicted molar refractivity (Wildman–Crippen MR) is 56.8 cm³/mol. The lowest BCUT2D eigenvalue weighted by atomic mass is 9.85. The minimum atomic E-state index is -3.28. The lowest BCUT2D eigenvalue weighted by Crippen LogP contribution is -2.47. The van der Waals surface area contributed by atoms with Crippen molar-refractivity contribution in [2.45, 2.75) is 43.5 Å². The van der Waals surface area contributed by atoms with Crippen LogP contribution in [0, 0.1) is 17.2 Å². The summed E-state index contributed by atoms with van der Waals surface area (Å²) in [5.41, 5.74) is -1.34. The molecule has 0 amide bonds. The normalized spacial score (nSPS) is 33.6. The number of nitriles is 1. The van der Waals surface area contributed by atoms with Gasteiger partial charge < -0.3 is 5.11 Å². The maximum Gasteiger partial charge on any atom is 0.153 e. The molecule has 0 spiro atoms. The molecule has 0 heterocycles. The quantitative estimate of drug-likeness (QED) is 0.781. The van der Waals surface area contributed by atoms with Crippen LogP contribution in [0.5, 0.6) is 0 Å². The van der Waals surface area contributed by atoms with Gasteiger partial charge in [0, 0.05) is 6.26 Å². The van der Waals surface area contributed by atoms with Crippen LogP contribution in [0.3, 0.4) is 0 Å². The molecule has 0 aromatic carbocycles. The van der Waals surface area contributed by atoms with E-state index >= 15 is 0 Å². The summed E-state index contributed by atoms with van der Waals surface area (Å²) in [5, 5.41) is 18.5. The Morgan fingerprint density at radius 3 is 2.67 bits per heavy atom.